The Morgan fingerprint density at radius 2 is 1.63 bits per heavy atom. The van der Waals surface area contributed by atoms with Gasteiger partial charge in [0, 0.05) is 27.4 Å². The second kappa shape index (κ2) is 12.1. The lowest BCUT2D eigenvalue weighted by Crippen LogP contribution is -2.37. The van der Waals surface area contributed by atoms with E-state index in [4.69, 9.17) is 11.6 Å². The highest BCUT2D eigenvalue weighted by Gasteiger charge is 2.40. The zero-order valence-electron chi connectivity index (χ0n) is 19.2. The molecule has 208 valence electrons. The van der Waals surface area contributed by atoms with E-state index in [0.29, 0.717) is 12.1 Å². The minimum absolute atomic E-state index is 0.000522. The summed E-state index contributed by atoms with van der Waals surface area (Å²) in [5, 5.41) is 1.54. The molecule has 0 aliphatic rings. The van der Waals surface area contributed by atoms with Crippen molar-refractivity contribution in [3.63, 3.8) is 0 Å². The third-order valence-corrected chi connectivity index (χ3v) is 5.81. The number of amides is 1. The molecule has 2 aromatic carbocycles. The van der Waals surface area contributed by atoms with Gasteiger partial charge in [-0.15, -0.1) is 0 Å². The molecule has 1 amide bonds. The van der Waals surface area contributed by atoms with Crippen LogP contribution in [0.25, 0.3) is 6.08 Å². The Labute approximate surface area is 224 Å². The normalized spacial score (nSPS) is 14.4. The lowest BCUT2D eigenvalue weighted by atomic mass is 9.93. The van der Waals surface area contributed by atoms with Gasteiger partial charge in [-0.25, -0.2) is 0 Å². The summed E-state index contributed by atoms with van der Waals surface area (Å²) < 4.78 is 119. The molecular weight excluding hydrogens is 621 g/mol. The minimum Gasteiger partial charge on any atom is -0.347 e. The van der Waals surface area contributed by atoms with E-state index in [2.05, 4.69) is 15.9 Å². The van der Waals surface area contributed by atoms with Crippen LogP contribution in [0.4, 0.5) is 39.5 Å². The number of nitrogens with one attached hydrogen (secondary N) is 1. The van der Waals surface area contributed by atoms with E-state index in [1.807, 2.05) is 0 Å². The smallest absolute Gasteiger partial charge is 0.347 e. The molecule has 0 fully saturated rings. The van der Waals surface area contributed by atoms with Gasteiger partial charge in [-0.2, -0.15) is 39.5 Å². The summed E-state index contributed by atoms with van der Waals surface area (Å²) in [5.41, 5.74) is -2.92. The fraction of sp³-hybridized carbons (Fsp3) is 0.333. The number of alkyl halides is 9. The molecular formula is C24H18BrClF9NO2. The van der Waals surface area contributed by atoms with Crippen molar-refractivity contribution in [3.8, 4) is 0 Å². The zero-order valence-corrected chi connectivity index (χ0v) is 21.5. The number of Topliss-reactive ketones (excluding diaryl/α,β-unsaturated/α-hetero) is 1. The molecule has 2 atom stereocenters. The van der Waals surface area contributed by atoms with Crippen molar-refractivity contribution in [1.82, 2.24) is 5.32 Å². The van der Waals surface area contributed by atoms with E-state index in [-0.39, 0.29) is 20.6 Å². The van der Waals surface area contributed by atoms with E-state index in [9.17, 15) is 49.1 Å². The van der Waals surface area contributed by atoms with Crippen molar-refractivity contribution in [3.05, 3.63) is 74.2 Å². The summed E-state index contributed by atoms with van der Waals surface area (Å²) in [6.45, 7) is -0.607. The first-order valence-corrected chi connectivity index (χ1v) is 11.7. The molecule has 38 heavy (non-hydrogen) atoms. The molecule has 0 aliphatic heterocycles. The molecule has 0 radical (unpaired) electrons. The fourth-order valence-electron chi connectivity index (χ4n) is 3.36. The summed E-state index contributed by atoms with van der Waals surface area (Å²) in [5.74, 6) is -5.96. The topological polar surface area (TPSA) is 46.2 Å². The molecule has 0 spiro atoms. The van der Waals surface area contributed by atoms with Crippen molar-refractivity contribution in [2.75, 3.05) is 6.54 Å². The number of hydrogen-bond donors (Lipinski definition) is 1. The number of halogens is 11. The van der Waals surface area contributed by atoms with Crippen LogP contribution >= 0.6 is 27.5 Å². The number of ketones is 1. The highest BCUT2D eigenvalue weighted by Crippen LogP contribution is 2.39. The van der Waals surface area contributed by atoms with E-state index < -0.39 is 66.1 Å². The van der Waals surface area contributed by atoms with Gasteiger partial charge in [0.1, 0.15) is 6.54 Å². The van der Waals surface area contributed by atoms with Crippen molar-refractivity contribution in [2.45, 2.75) is 37.8 Å². The number of carbonyl (C=O) groups is 2. The lowest BCUT2D eigenvalue weighted by molar-refractivity contribution is -0.140. The van der Waals surface area contributed by atoms with Crippen molar-refractivity contribution in [1.29, 1.82) is 0 Å². The van der Waals surface area contributed by atoms with Crippen molar-refractivity contribution >= 4 is 45.3 Å². The second-order valence-corrected chi connectivity index (χ2v) is 9.60. The van der Waals surface area contributed by atoms with Crippen LogP contribution in [0.15, 0.2) is 46.9 Å². The van der Waals surface area contributed by atoms with Crippen molar-refractivity contribution < 1.29 is 49.1 Å². The minimum atomic E-state index is -5.10. The van der Waals surface area contributed by atoms with Gasteiger partial charge in [0.25, 0.3) is 0 Å². The SMILES string of the molecule is C[C@@H](CC(=O)c1ccc(/C=C/C(c2cc(Cl)cc(Br)c2)C(F)(F)F)cc1C(F)(F)F)C(=O)NCC(F)(F)F. The van der Waals surface area contributed by atoms with E-state index in [0.717, 1.165) is 37.3 Å². The Balaban J connectivity index is 2.35. The van der Waals surface area contributed by atoms with E-state index in [1.165, 1.54) is 6.07 Å². The number of rotatable bonds is 8. The monoisotopic (exact) mass is 637 g/mol. The lowest BCUT2D eigenvalue weighted by Gasteiger charge is -2.18. The molecule has 0 saturated carbocycles. The van der Waals surface area contributed by atoms with E-state index >= 15 is 0 Å². The Kier molecular flexibility index (Phi) is 10.1. The van der Waals surface area contributed by atoms with Crippen LogP contribution in [0.3, 0.4) is 0 Å². The van der Waals surface area contributed by atoms with Gasteiger partial charge >= 0.3 is 18.5 Å². The maximum Gasteiger partial charge on any atom is 0.417 e. The highest BCUT2D eigenvalue weighted by atomic mass is 79.9. The Bertz CT molecular complexity index is 1190. The van der Waals surface area contributed by atoms with Crippen LogP contribution in [0.5, 0.6) is 0 Å². The molecule has 1 N–H and O–H groups in total. The third kappa shape index (κ3) is 9.33. The second-order valence-electron chi connectivity index (χ2n) is 8.25. The van der Waals surface area contributed by atoms with Gasteiger partial charge in [-0.1, -0.05) is 58.7 Å². The van der Waals surface area contributed by atoms with E-state index in [1.54, 1.807) is 5.32 Å². The summed E-state index contributed by atoms with van der Waals surface area (Å²) >= 11 is 8.85. The summed E-state index contributed by atoms with van der Waals surface area (Å²) in [6.07, 6.45) is -14.0. The number of hydrogen-bond acceptors (Lipinski definition) is 2. The molecule has 3 nitrogen and oxygen atoms in total. The Hall–Kier alpha value is -2.54. The fourth-order valence-corrected chi connectivity index (χ4v) is 4.24. The van der Waals surface area contributed by atoms with Crippen LogP contribution in [-0.2, 0) is 11.0 Å². The summed E-state index contributed by atoms with van der Waals surface area (Å²) in [4.78, 5) is 24.3. The van der Waals surface area contributed by atoms with Gasteiger partial charge in [-0.3, -0.25) is 9.59 Å². The molecule has 0 aromatic heterocycles. The van der Waals surface area contributed by atoms with Gasteiger partial charge in [-0.05, 0) is 35.4 Å². The molecule has 1 unspecified atom stereocenters. The number of benzene rings is 2. The highest BCUT2D eigenvalue weighted by molar-refractivity contribution is 9.10. The maximum absolute atomic E-state index is 13.7. The standard InChI is InChI=1S/C24H18BrClF9NO2/c1-12(21(38)36-11-22(27,28)29)6-20(37)17-4-2-13(7-19(17)24(33,34)35)3-5-18(23(30,31)32)14-8-15(25)10-16(26)9-14/h2-5,7-10,12,18H,6,11H2,1H3,(H,36,38)/b5-3+/t12-,18?/m0/s1. The van der Waals surface area contributed by atoms with Crippen LogP contribution in [0.2, 0.25) is 5.02 Å². The number of allylic oxidation sites excluding steroid dienone is 1. The Morgan fingerprint density at radius 3 is 2.16 bits per heavy atom. The predicted molar refractivity (Wildman–Crippen MR) is 126 cm³/mol. The summed E-state index contributed by atoms with van der Waals surface area (Å²) in [7, 11) is 0. The van der Waals surface area contributed by atoms with Gasteiger partial charge < -0.3 is 5.32 Å². The Morgan fingerprint density at radius 1 is 1.00 bits per heavy atom. The molecule has 0 bridgehead atoms. The first-order chi connectivity index (χ1) is 17.3. The van der Waals surface area contributed by atoms with Gasteiger partial charge in [0.05, 0.1) is 11.5 Å². The maximum atomic E-state index is 13.7. The van der Waals surface area contributed by atoms with Crippen LogP contribution < -0.4 is 5.32 Å². The molecule has 2 rings (SSSR count). The van der Waals surface area contributed by atoms with Crippen LogP contribution in [0.1, 0.15) is 46.3 Å². The van der Waals surface area contributed by atoms with Gasteiger partial charge in [0.2, 0.25) is 5.91 Å². The molecule has 0 aliphatic carbocycles. The third-order valence-electron chi connectivity index (χ3n) is 5.13. The number of carbonyl (C=O) groups excluding carboxylic acids is 2. The molecule has 2 aromatic rings. The van der Waals surface area contributed by atoms with Crippen LogP contribution in [0, 0.1) is 5.92 Å². The van der Waals surface area contributed by atoms with Crippen LogP contribution in [-0.4, -0.2) is 30.6 Å². The van der Waals surface area contributed by atoms with Crippen molar-refractivity contribution in [2.24, 2.45) is 5.92 Å². The molecule has 14 heteroatoms. The average molecular weight is 639 g/mol. The first-order valence-electron chi connectivity index (χ1n) is 10.6. The first kappa shape index (κ1) is 31.7. The predicted octanol–water partition coefficient (Wildman–Crippen LogP) is 8.37. The average Bonchev–Trinajstić information content (AvgIpc) is 2.74. The van der Waals surface area contributed by atoms with Gasteiger partial charge in [0.15, 0.2) is 5.78 Å². The molecule has 0 saturated heterocycles. The largest absolute Gasteiger partial charge is 0.417 e. The zero-order chi connectivity index (χ0) is 29.1. The summed E-state index contributed by atoms with van der Waals surface area (Å²) in [6, 6.07) is 5.76. The molecule has 0 heterocycles. The quantitative estimate of drug-likeness (QED) is 0.233.